The topological polar surface area (TPSA) is 80.8 Å². The summed E-state index contributed by atoms with van der Waals surface area (Å²) in [5, 5.41) is 0. The van der Waals surface area contributed by atoms with E-state index in [1.54, 1.807) is 24.3 Å². The summed E-state index contributed by atoms with van der Waals surface area (Å²) in [6.45, 7) is 4.71. The minimum Gasteiger partial charge on any atom is -0.381 e. The Balaban J connectivity index is 1.82. The molecule has 1 unspecified atom stereocenters. The van der Waals surface area contributed by atoms with Crippen molar-refractivity contribution in [3.8, 4) is 0 Å². The minimum atomic E-state index is -3.65. The Morgan fingerprint density at radius 2 is 1.88 bits per heavy atom. The monoisotopic (exact) mass is 373 g/mol. The van der Waals surface area contributed by atoms with Crippen molar-refractivity contribution in [2.75, 3.05) is 32.1 Å². The van der Waals surface area contributed by atoms with Gasteiger partial charge in [0.1, 0.15) is 4.75 Å². The summed E-state index contributed by atoms with van der Waals surface area (Å²) < 4.78 is 56.2. The number of sulfone groups is 1. The van der Waals surface area contributed by atoms with Gasteiger partial charge in [0.05, 0.1) is 17.3 Å². The Hall–Kier alpha value is -0.960. The van der Waals surface area contributed by atoms with Crippen LogP contribution in [-0.4, -0.2) is 57.9 Å². The van der Waals surface area contributed by atoms with E-state index in [2.05, 4.69) is 0 Å². The number of nitrogens with zero attached hydrogens (tertiary/aromatic N) is 1. The molecule has 1 aromatic carbocycles. The predicted molar refractivity (Wildman–Crippen MR) is 91.1 cm³/mol. The summed E-state index contributed by atoms with van der Waals surface area (Å²) in [5.74, 6) is -0.0182. The van der Waals surface area contributed by atoms with Gasteiger partial charge in [-0.05, 0) is 32.4 Å². The van der Waals surface area contributed by atoms with Crippen molar-refractivity contribution in [3.63, 3.8) is 0 Å². The fraction of sp³-hybridized carbons (Fsp3) is 0.625. The molecule has 0 aromatic heterocycles. The highest BCUT2D eigenvalue weighted by Crippen LogP contribution is 2.46. The minimum absolute atomic E-state index is 0.0310. The number of aryl methyl sites for hydroxylation is 1. The molecule has 6 nitrogen and oxygen atoms in total. The third-order valence-electron chi connectivity index (χ3n) is 5.17. The lowest BCUT2D eigenvalue weighted by Crippen LogP contribution is -2.68. The molecule has 2 aliphatic heterocycles. The Kier molecular flexibility index (Phi) is 4.53. The number of hydrogen-bond donors (Lipinski definition) is 0. The first-order chi connectivity index (χ1) is 11.2. The molecule has 1 aromatic rings. The molecule has 1 atom stereocenters. The molecule has 3 rings (SSSR count). The number of benzene rings is 1. The first-order valence-corrected chi connectivity index (χ1v) is 11.2. The maximum Gasteiger partial charge on any atom is 0.243 e. The lowest BCUT2D eigenvalue weighted by atomic mass is 9.85. The molecular formula is C16H23NO5S2. The zero-order chi connectivity index (χ0) is 17.6. The predicted octanol–water partition coefficient (Wildman–Crippen LogP) is 1.21. The van der Waals surface area contributed by atoms with Gasteiger partial charge in [0, 0.05) is 25.6 Å². The lowest BCUT2D eigenvalue weighted by Gasteiger charge is -2.48. The molecule has 1 spiro atoms. The van der Waals surface area contributed by atoms with E-state index >= 15 is 0 Å². The zero-order valence-electron chi connectivity index (χ0n) is 13.9. The van der Waals surface area contributed by atoms with Gasteiger partial charge in [-0.2, -0.15) is 4.31 Å². The van der Waals surface area contributed by atoms with Crippen LogP contribution in [0.1, 0.15) is 18.9 Å². The summed E-state index contributed by atoms with van der Waals surface area (Å²) in [5.41, 5.74) is 0.976. The van der Waals surface area contributed by atoms with E-state index in [1.807, 2.05) is 13.8 Å². The van der Waals surface area contributed by atoms with Crippen LogP contribution < -0.4 is 0 Å². The van der Waals surface area contributed by atoms with Crippen molar-refractivity contribution in [1.29, 1.82) is 0 Å². The number of hydrogen-bond acceptors (Lipinski definition) is 5. The highest BCUT2D eigenvalue weighted by atomic mass is 32.2. The lowest BCUT2D eigenvalue weighted by molar-refractivity contribution is 0.0637. The van der Waals surface area contributed by atoms with Crippen LogP contribution in [0.4, 0.5) is 0 Å². The van der Waals surface area contributed by atoms with E-state index in [0.717, 1.165) is 5.56 Å². The SMILES string of the molecule is CCOCC1CCS(=O)(=O)C12CN(S(=O)(=O)c1ccc(C)cc1)C2. The number of sulfonamides is 1. The van der Waals surface area contributed by atoms with Gasteiger partial charge in [0.2, 0.25) is 10.0 Å². The van der Waals surface area contributed by atoms with E-state index in [-0.39, 0.29) is 29.7 Å². The van der Waals surface area contributed by atoms with Crippen LogP contribution in [0.3, 0.4) is 0 Å². The average molecular weight is 373 g/mol. The molecule has 8 heteroatoms. The Bertz CT molecular complexity index is 809. The quantitative estimate of drug-likeness (QED) is 0.775. The Morgan fingerprint density at radius 3 is 2.46 bits per heavy atom. The molecule has 2 fully saturated rings. The smallest absolute Gasteiger partial charge is 0.243 e. The molecule has 0 aliphatic carbocycles. The summed E-state index contributed by atoms with van der Waals surface area (Å²) in [6, 6.07) is 6.62. The average Bonchev–Trinajstić information content (AvgIpc) is 2.74. The largest absolute Gasteiger partial charge is 0.381 e. The van der Waals surface area contributed by atoms with Gasteiger partial charge in [-0.25, -0.2) is 16.8 Å². The van der Waals surface area contributed by atoms with Crippen molar-refractivity contribution in [2.45, 2.75) is 29.9 Å². The molecule has 2 saturated heterocycles. The van der Waals surface area contributed by atoms with Crippen LogP contribution >= 0.6 is 0 Å². The second kappa shape index (κ2) is 6.09. The molecule has 0 bridgehead atoms. The zero-order valence-corrected chi connectivity index (χ0v) is 15.6. The van der Waals surface area contributed by atoms with E-state index < -0.39 is 24.6 Å². The highest BCUT2D eigenvalue weighted by molar-refractivity contribution is 7.93. The maximum absolute atomic E-state index is 12.7. The Labute approximate surface area is 143 Å². The van der Waals surface area contributed by atoms with Crippen LogP contribution in [0.2, 0.25) is 0 Å². The molecule has 0 N–H and O–H groups in total. The fourth-order valence-electron chi connectivity index (χ4n) is 3.55. The first kappa shape index (κ1) is 17.8. The van der Waals surface area contributed by atoms with Gasteiger partial charge < -0.3 is 4.74 Å². The van der Waals surface area contributed by atoms with Gasteiger partial charge in [-0.15, -0.1) is 0 Å². The van der Waals surface area contributed by atoms with Crippen LogP contribution in [0.25, 0.3) is 0 Å². The van der Waals surface area contributed by atoms with E-state index in [4.69, 9.17) is 4.74 Å². The van der Waals surface area contributed by atoms with Crippen LogP contribution in [-0.2, 0) is 24.6 Å². The third-order valence-corrected chi connectivity index (χ3v) is 9.58. The van der Waals surface area contributed by atoms with Crippen LogP contribution in [0.5, 0.6) is 0 Å². The first-order valence-electron chi connectivity index (χ1n) is 8.10. The molecule has 2 heterocycles. The second-order valence-corrected chi connectivity index (χ2v) is 11.0. The fourth-order valence-corrected chi connectivity index (χ4v) is 7.69. The molecule has 0 amide bonds. The standard InChI is InChI=1S/C16H23NO5S2/c1-3-22-10-14-8-9-23(18,19)16(14)11-17(12-16)24(20,21)15-6-4-13(2)5-7-15/h4-7,14H,3,8-12H2,1-2H3. The van der Waals surface area contributed by atoms with Crippen LogP contribution in [0, 0.1) is 12.8 Å². The summed E-state index contributed by atoms with van der Waals surface area (Å²) in [7, 11) is -6.95. The van der Waals surface area contributed by atoms with Crippen molar-refractivity contribution >= 4 is 19.9 Å². The normalized spacial score (nSPS) is 25.7. The van der Waals surface area contributed by atoms with Gasteiger partial charge in [0.25, 0.3) is 0 Å². The van der Waals surface area contributed by atoms with E-state index in [0.29, 0.717) is 19.6 Å². The van der Waals surface area contributed by atoms with E-state index in [1.165, 1.54) is 4.31 Å². The molecule has 134 valence electrons. The van der Waals surface area contributed by atoms with Crippen molar-refractivity contribution in [3.05, 3.63) is 29.8 Å². The maximum atomic E-state index is 12.7. The third kappa shape index (κ3) is 2.69. The summed E-state index contributed by atoms with van der Waals surface area (Å²) in [6.07, 6.45) is 0.542. The Morgan fingerprint density at radius 1 is 1.25 bits per heavy atom. The molecule has 0 saturated carbocycles. The molecule has 0 radical (unpaired) electrons. The second-order valence-electron chi connectivity index (χ2n) is 6.61. The van der Waals surface area contributed by atoms with Crippen molar-refractivity contribution in [1.82, 2.24) is 4.31 Å². The van der Waals surface area contributed by atoms with E-state index in [9.17, 15) is 16.8 Å². The number of ether oxygens (including phenoxy) is 1. The molecule has 24 heavy (non-hydrogen) atoms. The summed E-state index contributed by atoms with van der Waals surface area (Å²) >= 11 is 0. The van der Waals surface area contributed by atoms with Crippen molar-refractivity contribution < 1.29 is 21.6 Å². The molecular weight excluding hydrogens is 350 g/mol. The number of rotatable bonds is 5. The van der Waals surface area contributed by atoms with Crippen LogP contribution in [0.15, 0.2) is 29.2 Å². The molecule has 2 aliphatic rings. The van der Waals surface area contributed by atoms with Gasteiger partial charge in [-0.3, -0.25) is 0 Å². The van der Waals surface area contributed by atoms with Gasteiger partial charge >= 0.3 is 0 Å². The van der Waals surface area contributed by atoms with Crippen molar-refractivity contribution in [2.24, 2.45) is 5.92 Å². The van der Waals surface area contributed by atoms with Gasteiger partial charge in [0.15, 0.2) is 9.84 Å². The highest BCUT2D eigenvalue weighted by Gasteiger charge is 2.63. The summed E-state index contributed by atoms with van der Waals surface area (Å²) in [4.78, 5) is 0.208. The van der Waals surface area contributed by atoms with Gasteiger partial charge in [-0.1, -0.05) is 17.7 Å².